The van der Waals surface area contributed by atoms with Gasteiger partial charge in [0.15, 0.2) is 0 Å². The maximum absolute atomic E-state index is 12.6. The molecule has 1 saturated carbocycles. The normalized spacial score (nSPS) is 46.0. The summed E-state index contributed by atoms with van der Waals surface area (Å²) in [5, 5.41) is 2.75. The first-order valence-electron chi connectivity index (χ1n) is 3.31. The molecule has 1 N–H and O–H groups in total. The van der Waals surface area contributed by atoms with E-state index in [2.05, 4.69) is 5.32 Å². The van der Waals surface area contributed by atoms with Crippen molar-refractivity contribution in [2.75, 3.05) is 6.54 Å². The molecule has 0 aromatic rings. The van der Waals surface area contributed by atoms with Crippen molar-refractivity contribution in [3.05, 3.63) is 0 Å². The summed E-state index contributed by atoms with van der Waals surface area (Å²) >= 11 is 0. The molecule has 0 aromatic heterocycles. The van der Waals surface area contributed by atoms with Crippen LogP contribution in [0.25, 0.3) is 0 Å². The fourth-order valence-corrected chi connectivity index (χ4v) is 1.70. The molecule has 2 aliphatic rings. The number of fused-ring (bicyclic) bond motifs is 1. The lowest BCUT2D eigenvalue weighted by molar-refractivity contribution is -0.0430. The second-order valence-electron chi connectivity index (χ2n) is 2.95. The summed E-state index contributed by atoms with van der Waals surface area (Å²) < 4.78 is 25.2. The average molecular weight is 133 g/mol. The minimum atomic E-state index is -2.40. The van der Waals surface area contributed by atoms with Gasteiger partial charge in [-0.1, -0.05) is 0 Å². The number of alkyl halides is 2. The third kappa shape index (κ3) is 0.611. The van der Waals surface area contributed by atoms with Crippen LogP contribution >= 0.6 is 0 Å². The Kier molecular flexibility index (Phi) is 0.903. The zero-order valence-corrected chi connectivity index (χ0v) is 5.03. The number of hydrogen-bond donors (Lipinski definition) is 1. The third-order valence-corrected chi connectivity index (χ3v) is 2.37. The second-order valence-corrected chi connectivity index (χ2v) is 2.95. The van der Waals surface area contributed by atoms with Crippen LogP contribution in [0.15, 0.2) is 0 Å². The predicted molar refractivity (Wildman–Crippen MR) is 29.5 cm³/mol. The Morgan fingerprint density at radius 3 is 2.44 bits per heavy atom. The molecule has 0 spiro atoms. The number of hydrogen-bond acceptors (Lipinski definition) is 1. The molecule has 0 radical (unpaired) electrons. The van der Waals surface area contributed by atoms with E-state index in [1.807, 2.05) is 0 Å². The fraction of sp³-hybridized carbons (Fsp3) is 1.00. The molecule has 1 saturated heterocycles. The van der Waals surface area contributed by atoms with Crippen LogP contribution in [-0.2, 0) is 0 Å². The van der Waals surface area contributed by atoms with Gasteiger partial charge in [-0.05, 0) is 12.3 Å². The zero-order chi connectivity index (χ0) is 6.48. The van der Waals surface area contributed by atoms with Crippen molar-refractivity contribution in [1.82, 2.24) is 5.32 Å². The molecule has 2 unspecified atom stereocenters. The summed E-state index contributed by atoms with van der Waals surface area (Å²) in [6.45, 7) is 0.806. The van der Waals surface area contributed by atoms with Gasteiger partial charge in [0.05, 0.1) is 6.04 Å². The van der Waals surface area contributed by atoms with E-state index in [1.54, 1.807) is 0 Å². The first-order valence-corrected chi connectivity index (χ1v) is 3.31. The van der Waals surface area contributed by atoms with E-state index < -0.39 is 12.0 Å². The molecule has 2 atom stereocenters. The number of nitrogens with one attached hydrogen (secondary N) is 1. The number of halogens is 2. The van der Waals surface area contributed by atoms with Crippen molar-refractivity contribution in [2.45, 2.75) is 24.8 Å². The van der Waals surface area contributed by atoms with Gasteiger partial charge in [0.1, 0.15) is 0 Å². The van der Waals surface area contributed by atoms with Gasteiger partial charge in [-0.3, -0.25) is 0 Å². The smallest absolute Gasteiger partial charge is 0.263 e. The molecule has 3 heteroatoms. The second kappa shape index (κ2) is 1.45. The molecule has 1 nitrogen and oxygen atoms in total. The van der Waals surface area contributed by atoms with E-state index >= 15 is 0 Å². The molecule has 1 aliphatic heterocycles. The van der Waals surface area contributed by atoms with Crippen molar-refractivity contribution in [1.29, 1.82) is 0 Å². The average Bonchev–Trinajstić information content (AvgIpc) is 1.74. The maximum atomic E-state index is 12.6. The lowest BCUT2D eigenvalue weighted by atomic mass is 9.95. The van der Waals surface area contributed by atoms with Gasteiger partial charge in [0.2, 0.25) is 0 Å². The Hall–Kier alpha value is -0.180. The van der Waals surface area contributed by atoms with Gasteiger partial charge < -0.3 is 5.32 Å². The molecule has 0 bridgehead atoms. The molecule has 0 amide bonds. The van der Waals surface area contributed by atoms with Gasteiger partial charge in [-0.2, -0.15) is 0 Å². The Bertz CT molecular complexity index is 135. The van der Waals surface area contributed by atoms with Gasteiger partial charge in [-0.25, -0.2) is 8.78 Å². The summed E-state index contributed by atoms with van der Waals surface area (Å²) in [6.07, 6.45) is 0.806. The van der Waals surface area contributed by atoms with E-state index in [4.69, 9.17) is 0 Å². The highest BCUT2D eigenvalue weighted by atomic mass is 19.3. The molecular formula is C6H9F2N. The maximum Gasteiger partial charge on any atom is 0.263 e. The minimum absolute atomic E-state index is 0.0926. The highest BCUT2D eigenvalue weighted by Crippen LogP contribution is 2.42. The third-order valence-electron chi connectivity index (χ3n) is 2.37. The van der Waals surface area contributed by atoms with E-state index in [9.17, 15) is 8.78 Å². The van der Waals surface area contributed by atoms with E-state index in [0.717, 1.165) is 6.54 Å². The summed E-state index contributed by atoms with van der Waals surface area (Å²) in [6, 6.07) is -0.475. The van der Waals surface area contributed by atoms with Crippen molar-refractivity contribution >= 4 is 0 Å². The summed E-state index contributed by atoms with van der Waals surface area (Å²) in [4.78, 5) is 0. The van der Waals surface area contributed by atoms with Crippen LogP contribution < -0.4 is 5.32 Å². The van der Waals surface area contributed by atoms with E-state index in [1.165, 1.54) is 0 Å². The lowest BCUT2D eigenvalue weighted by Crippen LogP contribution is -2.56. The molecule has 9 heavy (non-hydrogen) atoms. The first kappa shape index (κ1) is 5.59. The molecule has 2 fully saturated rings. The monoisotopic (exact) mass is 133 g/mol. The van der Waals surface area contributed by atoms with E-state index in [0.29, 0.717) is 6.42 Å². The zero-order valence-electron chi connectivity index (χ0n) is 5.03. The van der Waals surface area contributed by atoms with Crippen molar-refractivity contribution in [2.24, 2.45) is 5.92 Å². The van der Waals surface area contributed by atoms with Crippen molar-refractivity contribution in [3.8, 4) is 0 Å². The Morgan fingerprint density at radius 2 is 2.22 bits per heavy atom. The standard InChI is InChI=1S/C6H9F2N/c7-6(8)2-1-4-3-9-5(4)6/h4-5,9H,1-3H2. The lowest BCUT2D eigenvalue weighted by Gasteiger charge is -2.34. The molecule has 1 heterocycles. The highest BCUT2D eigenvalue weighted by molar-refractivity contribution is 5.03. The van der Waals surface area contributed by atoms with Crippen LogP contribution in [0, 0.1) is 5.92 Å². The van der Waals surface area contributed by atoms with Crippen molar-refractivity contribution < 1.29 is 8.78 Å². The largest absolute Gasteiger partial charge is 0.308 e. The van der Waals surface area contributed by atoms with Gasteiger partial charge >= 0.3 is 0 Å². The molecule has 0 aromatic carbocycles. The van der Waals surface area contributed by atoms with Crippen LogP contribution in [0.4, 0.5) is 8.78 Å². The van der Waals surface area contributed by atoms with Crippen molar-refractivity contribution in [3.63, 3.8) is 0 Å². The topological polar surface area (TPSA) is 12.0 Å². The number of rotatable bonds is 0. The summed E-state index contributed by atoms with van der Waals surface area (Å²) in [5.41, 5.74) is 0. The van der Waals surface area contributed by atoms with E-state index in [-0.39, 0.29) is 12.3 Å². The SMILES string of the molecule is FC1(F)CCC2CNC21. The minimum Gasteiger partial charge on any atom is -0.308 e. The van der Waals surface area contributed by atoms with Crippen LogP contribution in [0.5, 0.6) is 0 Å². The Balaban J connectivity index is 2.14. The summed E-state index contributed by atoms with van der Waals surface area (Å²) in [7, 11) is 0. The molecular weight excluding hydrogens is 124 g/mol. The first-order chi connectivity index (χ1) is 4.20. The predicted octanol–water partition coefficient (Wildman–Crippen LogP) is 1.00. The summed E-state index contributed by atoms with van der Waals surface area (Å²) in [5.74, 6) is -2.12. The highest BCUT2D eigenvalue weighted by Gasteiger charge is 2.54. The van der Waals surface area contributed by atoms with Crippen LogP contribution in [0.3, 0.4) is 0 Å². The van der Waals surface area contributed by atoms with Gasteiger partial charge in [0.25, 0.3) is 5.92 Å². The fourth-order valence-electron chi connectivity index (χ4n) is 1.70. The Morgan fingerprint density at radius 1 is 1.44 bits per heavy atom. The molecule has 2 rings (SSSR count). The quantitative estimate of drug-likeness (QED) is 0.520. The van der Waals surface area contributed by atoms with Crippen LogP contribution in [-0.4, -0.2) is 18.5 Å². The Labute approximate surface area is 52.4 Å². The van der Waals surface area contributed by atoms with Gasteiger partial charge in [-0.15, -0.1) is 0 Å². The molecule has 1 aliphatic carbocycles. The van der Waals surface area contributed by atoms with Gasteiger partial charge in [0, 0.05) is 13.0 Å². The van der Waals surface area contributed by atoms with Crippen LogP contribution in [0.1, 0.15) is 12.8 Å². The van der Waals surface area contributed by atoms with Crippen LogP contribution in [0.2, 0.25) is 0 Å². The molecule has 52 valence electrons.